The highest BCUT2D eigenvalue weighted by Crippen LogP contribution is 2.15. The van der Waals surface area contributed by atoms with Crippen LogP contribution in [0.5, 0.6) is 0 Å². The first kappa shape index (κ1) is 24.7. The fourth-order valence-corrected chi connectivity index (χ4v) is 4.49. The van der Waals surface area contributed by atoms with Crippen molar-refractivity contribution >= 4 is 0 Å². The summed E-state index contributed by atoms with van der Waals surface area (Å²) in [6, 6.07) is 10.8. The Hall–Kier alpha value is -1.57. The molecule has 1 heterocycles. The van der Waals surface area contributed by atoms with Crippen LogP contribution in [0.4, 0.5) is 0 Å². The lowest BCUT2D eigenvalue weighted by Crippen LogP contribution is -2.35. The first-order valence-corrected chi connectivity index (χ1v) is 13.0. The lowest BCUT2D eigenvalue weighted by atomic mass is 10.0. The summed E-state index contributed by atoms with van der Waals surface area (Å²) < 4.78 is 4.77. The van der Waals surface area contributed by atoms with Gasteiger partial charge in [0.2, 0.25) is 0 Å². The van der Waals surface area contributed by atoms with Gasteiger partial charge in [0.1, 0.15) is 18.1 Å². The van der Waals surface area contributed by atoms with E-state index in [0.29, 0.717) is 0 Å². The molecule has 0 N–H and O–H groups in total. The molecule has 2 nitrogen and oxygen atoms in total. The summed E-state index contributed by atoms with van der Waals surface area (Å²) in [5, 5.41) is 0. The maximum Gasteiger partial charge on any atom is 0.261 e. The van der Waals surface area contributed by atoms with E-state index in [1.165, 1.54) is 114 Å². The SMILES string of the molecule is CCCCCCCCCCCCCCCCCc1n(-c2ccccc2)cc[n+]1CC. The van der Waals surface area contributed by atoms with Gasteiger partial charge in [0.25, 0.3) is 5.82 Å². The molecule has 0 spiro atoms. The topological polar surface area (TPSA) is 8.81 Å². The molecule has 0 radical (unpaired) electrons. The molecule has 2 aromatic rings. The number of rotatable bonds is 18. The Kier molecular flexibility index (Phi) is 13.3. The molecule has 0 unspecified atom stereocenters. The number of para-hydroxylation sites is 1. The molecule has 0 bridgehead atoms. The maximum atomic E-state index is 2.40. The molecule has 0 aliphatic carbocycles. The number of aryl methyl sites for hydroxylation is 1. The van der Waals surface area contributed by atoms with Gasteiger partial charge in [-0.15, -0.1) is 0 Å². The van der Waals surface area contributed by atoms with Crippen LogP contribution in [0.3, 0.4) is 0 Å². The molecule has 0 amide bonds. The van der Waals surface area contributed by atoms with Crippen LogP contribution in [0.15, 0.2) is 42.7 Å². The Morgan fingerprint density at radius 3 is 1.63 bits per heavy atom. The van der Waals surface area contributed by atoms with Gasteiger partial charge >= 0.3 is 0 Å². The van der Waals surface area contributed by atoms with Crippen LogP contribution >= 0.6 is 0 Å². The molecule has 30 heavy (non-hydrogen) atoms. The normalized spacial score (nSPS) is 11.3. The zero-order chi connectivity index (χ0) is 21.3. The molecule has 0 fully saturated rings. The van der Waals surface area contributed by atoms with Gasteiger partial charge in [-0.1, -0.05) is 115 Å². The minimum Gasteiger partial charge on any atom is -0.234 e. The molecule has 2 heteroatoms. The van der Waals surface area contributed by atoms with Crippen molar-refractivity contribution in [2.75, 3.05) is 0 Å². The first-order chi connectivity index (χ1) is 14.9. The van der Waals surface area contributed by atoms with Gasteiger partial charge in [-0.2, -0.15) is 4.57 Å². The van der Waals surface area contributed by atoms with E-state index in [1.54, 1.807) is 0 Å². The molecule has 0 atom stereocenters. The van der Waals surface area contributed by atoms with Gasteiger partial charge in [0.15, 0.2) is 0 Å². The number of aromatic nitrogens is 2. The molecule has 1 aromatic carbocycles. The number of hydrogen-bond donors (Lipinski definition) is 0. The minimum absolute atomic E-state index is 1.05. The quantitative estimate of drug-likeness (QED) is 0.173. The Balaban J connectivity index is 1.50. The highest BCUT2D eigenvalue weighted by atomic mass is 15.1. The summed E-state index contributed by atoms with van der Waals surface area (Å²) in [6.45, 7) is 5.59. The van der Waals surface area contributed by atoms with Crippen molar-refractivity contribution in [2.24, 2.45) is 0 Å². The summed E-state index contributed by atoms with van der Waals surface area (Å²) in [4.78, 5) is 0. The van der Waals surface area contributed by atoms with Crippen molar-refractivity contribution in [3.05, 3.63) is 48.5 Å². The summed E-state index contributed by atoms with van der Waals surface area (Å²) in [7, 11) is 0. The van der Waals surface area contributed by atoms with E-state index in [2.05, 4.69) is 65.7 Å². The van der Waals surface area contributed by atoms with Crippen LogP contribution in [0, 0.1) is 0 Å². The molecule has 0 aliphatic heterocycles. The van der Waals surface area contributed by atoms with E-state index in [1.807, 2.05) is 0 Å². The zero-order valence-corrected chi connectivity index (χ0v) is 20.0. The monoisotopic (exact) mass is 411 g/mol. The number of benzene rings is 1. The van der Waals surface area contributed by atoms with E-state index in [9.17, 15) is 0 Å². The maximum absolute atomic E-state index is 2.40. The van der Waals surface area contributed by atoms with Crippen LogP contribution in [-0.2, 0) is 13.0 Å². The van der Waals surface area contributed by atoms with Crippen molar-refractivity contribution in [1.29, 1.82) is 0 Å². The second-order valence-electron chi connectivity index (χ2n) is 8.91. The van der Waals surface area contributed by atoms with Crippen molar-refractivity contribution < 1.29 is 4.57 Å². The van der Waals surface area contributed by atoms with E-state index in [0.717, 1.165) is 6.54 Å². The number of unbranched alkanes of at least 4 members (excludes halogenated alkanes) is 14. The number of hydrogen-bond acceptors (Lipinski definition) is 0. The Labute approximate surface area is 186 Å². The Morgan fingerprint density at radius 2 is 1.13 bits per heavy atom. The molecule has 0 saturated heterocycles. The molecular formula is C28H47N2+. The summed E-state index contributed by atoms with van der Waals surface area (Å²) in [5.74, 6) is 1.44. The standard InChI is InChI=1S/C28H47N2/c1-3-5-6-7-8-9-10-11-12-13-14-15-16-17-21-24-28-29(4-2)25-26-30(28)27-22-19-18-20-23-27/h18-20,22-23,25-26H,3-17,21,24H2,1-2H3/q+1. The third-order valence-corrected chi connectivity index (χ3v) is 6.38. The van der Waals surface area contributed by atoms with E-state index < -0.39 is 0 Å². The van der Waals surface area contributed by atoms with Gasteiger partial charge in [-0.3, -0.25) is 0 Å². The molecular weight excluding hydrogens is 364 g/mol. The van der Waals surface area contributed by atoms with Crippen LogP contribution in [0.2, 0.25) is 0 Å². The highest BCUT2D eigenvalue weighted by Gasteiger charge is 2.16. The third kappa shape index (κ3) is 9.49. The average molecular weight is 412 g/mol. The molecule has 0 aliphatic rings. The Morgan fingerprint density at radius 1 is 0.633 bits per heavy atom. The van der Waals surface area contributed by atoms with Crippen LogP contribution in [0.25, 0.3) is 5.69 Å². The second-order valence-corrected chi connectivity index (χ2v) is 8.91. The predicted molar refractivity (Wildman–Crippen MR) is 130 cm³/mol. The fourth-order valence-electron chi connectivity index (χ4n) is 4.49. The van der Waals surface area contributed by atoms with Crippen LogP contribution < -0.4 is 4.57 Å². The van der Waals surface area contributed by atoms with Crippen molar-refractivity contribution in [3.8, 4) is 5.69 Å². The van der Waals surface area contributed by atoms with Gasteiger partial charge in [-0.05, 0) is 25.5 Å². The molecule has 1 aromatic heterocycles. The van der Waals surface area contributed by atoms with Crippen molar-refractivity contribution in [1.82, 2.24) is 4.57 Å². The van der Waals surface area contributed by atoms with Crippen molar-refractivity contribution in [3.63, 3.8) is 0 Å². The van der Waals surface area contributed by atoms with Crippen molar-refractivity contribution in [2.45, 2.75) is 123 Å². The van der Waals surface area contributed by atoms with Crippen LogP contribution in [0.1, 0.15) is 116 Å². The number of nitrogens with zero attached hydrogens (tertiary/aromatic N) is 2. The van der Waals surface area contributed by atoms with E-state index >= 15 is 0 Å². The van der Waals surface area contributed by atoms with E-state index in [4.69, 9.17) is 0 Å². The summed E-state index contributed by atoms with van der Waals surface area (Å²) in [6.07, 6.45) is 27.0. The predicted octanol–water partition coefficient (Wildman–Crippen LogP) is 8.20. The molecule has 2 rings (SSSR count). The van der Waals surface area contributed by atoms with Gasteiger partial charge < -0.3 is 0 Å². The summed E-state index contributed by atoms with van der Waals surface area (Å²) >= 11 is 0. The van der Waals surface area contributed by atoms with Gasteiger partial charge in [0.05, 0.1) is 6.54 Å². The molecule has 0 saturated carbocycles. The van der Waals surface area contributed by atoms with Gasteiger partial charge in [0, 0.05) is 6.42 Å². The fraction of sp³-hybridized carbons (Fsp3) is 0.679. The molecule has 168 valence electrons. The Bertz CT molecular complexity index is 644. The number of imidazole rings is 1. The minimum atomic E-state index is 1.05. The second kappa shape index (κ2) is 16.2. The highest BCUT2D eigenvalue weighted by molar-refractivity contribution is 5.31. The third-order valence-electron chi connectivity index (χ3n) is 6.38. The first-order valence-electron chi connectivity index (χ1n) is 13.0. The van der Waals surface area contributed by atoms with Gasteiger partial charge in [-0.25, -0.2) is 4.57 Å². The summed E-state index contributed by atoms with van der Waals surface area (Å²) in [5.41, 5.74) is 1.28. The van der Waals surface area contributed by atoms with E-state index in [-0.39, 0.29) is 0 Å². The van der Waals surface area contributed by atoms with Crippen LogP contribution in [-0.4, -0.2) is 4.57 Å². The lowest BCUT2D eigenvalue weighted by Gasteiger charge is -2.05. The lowest BCUT2D eigenvalue weighted by molar-refractivity contribution is -0.700. The zero-order valence-electron chi connectivity index (χ0n) is 20.0. The average Bonchev–Trinajstić information content (AvgIpc) is 3.20. The largest absolute Gasteiger partial charge is 0.261 e. The smallest absolute Gasteiger partial charge is 0.234 e.